The number of rotatable bonds is 6. The molecule has 5 nitrogen and oxygen atoms in total. The Morgan fingerprint density at radius 2 is 2.08 bits per heavy atom. The normalized spacial score (nSPS) is 10.2. The molecule has 0 saturated heterocycles. The van der Waals surface area contributed by atoms with Crippen LogP contribution in [0.5, 0.6) is 5.75 Å². The van der Waals surface area contributed by atoms with Crippen molar-refractivity contribution in [3.8, 4) is 11.8 Å². The predicted molar refractivity (Wildman–Crippen MR) is 99.8 cm³/mol. The first-order valence-corrected chi connectivity index (χ1v) is 8.94. The van der Waals surface area contributed by atoms with Crippen molar-refractivity contribution in [2.75, 3.05) is 7.05 Å². The lowest BCUT2D eigenvalue weighted by atomic mass is 10.1. The Morgan fingerprint density at radius 3 is 2.77 bits per heavy atom. The molecule has 0 radical (unpaired) electrons. The minimum Gasteiger partial charge on any atom is -0.487 e. The number of nitriles is 1. The molecule has 0 spiro atoms. The van der Waals surface area contributed by atoms with E-state index in [0.717, 1.165) is 11.3 Å². The summed E-state index contributed by atoms with van der Waals surface area (Å²) >= 11 is 1.52. The van der Waals surface area contributed by atoms with Crippen molar-refractivity contribution in [1.29, 1.82) is 5.26 Å². The third-order valence-corrected chi connectivity index (χ3v) is 4.44. The smallest absolute Gasteiger partial charge is 0.254 e. The fraction of sp³-hybridized carbons (Fsp3) is 0.150. The van der Waals surface area contributed by atoms with Gasteiger partial charge >= 0.3 is 0 Å². The molecule has 0 aliphatic carbocycles. The van der Waals surface area contributed by atoms with Crippen LogP contribution in [-0.4, -0.2) is 22.8 Å². The van der Waals surface area contributed by atoms with Gasteiger partial charge in [0.1, 0.15) is 12.4 Å². The number of aromatic nitrogens is 1. The first-order valence-electron chi connectivity index (χ1n) is 8.00. The molecule has 0 aliphatic heterocycles. The van der Waals surface area contributed by atoms with E-state index in [1.165, 1.54) is 11.3 Å². The Morgan fingerprint density at radius 1 is 1.27 bits per heavy atom. The summed E-state index contributed by atoms with van der Waals surface area (Å²) in [6.45, 7) is 0.844. The van der Waals surface area contributed by atoms with E-state index in [2.05, 4.69) is 11.1 Å². The van der Waals surface area contributed by atoms with Crippen molar-refractivity contribution in [3.63, 3.8) is 0 Å². The van der Waals surface area contributed by atoms with Crippen molar-refractivity contribution in [3.05, 3.63) is 81.8 Å². The van der Waals surface area contributed by atoms with Gasteiger partial charge in [0.15, 0.2) is 0 Å². The molecule has 2 aromatic carbocycles. The molecular weight excluding hydrogens is 346 g/mol. The number of nitrogens with zero attached hydrogens (tertiary/aromatic N) is 3. The average Bonchev–Trinajstić information content (AvgIpc) is 3.20. The van der Waals surface area contributed by atoms with E-state index in [0.29, 0.717) is 30.0 Å². The van der Waals surface area contributed by atoms with Gasteiger partial charge in [0.25, 0.3) is 5.91 Å². The Kier molecular flexibility index (Phi) is 5.62. The number of thiazole rings is 1. The summed E-state index contributed by atoms with van der Waals surface area (Å²) in [7, 11) is 1.75. The molecule has 0 saturated carbocycles. The van der Waals surface area contributed by atoms with Crippen LogP contribution in [0.15, 0.2) is 59.4 Å². The molecule has 1 amide bonds. The first kappa shape index (κ1) is 17.6. The number of benzene rings is 2. The molecule has 130 valence electrons. The predicted octanol–water partition coefficient (Wildman–Crippen LogP) is 3.87. The van der Waals surface area contributed by atoms with Crippen LogP contribution in [0.3, 0.4) is 0 Å². The maximum Gasteiger partial charge on any atom is 0.254 e. The fourth-order valence-electron chi connectivity index (χ4n) is 2.44. The van der Waals surface area contributed by atoms with Gasteiger partial charge in [-0.1, -0.05) is 18.2 Å². The van der Waals surface area contributed by atoms with Gasteiger partial charge in [-0.25, -0.2) is 4.98 Å². The second kappa shape index (κ2) is 8.28. The molecule has 0 atom stereocenters. The van der Waals surface area contributed by atoms with Gasteiger partial charge in [0.2, 0.25) is 0 Å². The largest absolute Gasteiger partial charge is 0.487 e. The van der Waals surface area contributed by atoms with E-state index < -0.39 is 0 Å². The Hall–Kier alpha value is -3.17. The molecule has 0 unspecified atom stereocenters. The number of hydrogen-bond acceptors (Lipinski definition) is 5. The second-order valence-electron chi connectivity index (χ2n) is 5.77. The Labute approximate surface area is 156 Å². The lowest BCUT2D eigenvalue weighted by Gasteiger charge is -2.18. The third kappa shape index (κ3) is 4.47. The zero-order chi connectivity index (χ0) is 18.4. The van der Waals surface area contributed by atoms with E-state index in [1.54, 1.807) is 47.8 Å². The molecule has 1 aromatic heterocycles. The minimum absolute atomic E-state index is 0.0894. The zero-order valence-electron chi connectivity index (χ0n) is 14.3. The molecule has 0 bridgehead atoms. The SMILES string of the molecule is CN(Cc1ccc(C#N)cc1)C(=O)c1cccc(OCc2cscn2)c1. The zero-order valence-corrected chi connectivity index (χ0v) is 15.1. The topological polar surface area (TPSA) is 66.2 Å². The highest BCUT2D eigenvalue weighted by Gasteiger charge is 2.13. The average molecular weight is 363 g/mol. The third-order valence-electron chi connectivity index (χ3n) is 3.80. The first-order chi connectivity index (χ1) is 12.7. The van der Waals surface area contributed by atoms with E-state index in [9.17, 15) is 4.79 Å². The summed E-state index contributed by atoms with van der Waals surface area (Å²) in [5, 5.41) is 10.8. The van der Waals surface area contributed by atoms with Crippen LogP contribution in [0.1, 0.15) is 27.2 Å². The Bertz CT molecular complexity index is 915. The highest BCUT2D eigenvalue weighted by atomic mass is 32.1. The van der Waals surface area contributed by atoms with Gasteiger partial charge in [-0.15, -0.1) is 11.3 Å². The lowest BCUT2D eigenvalue weighted by molar-refractivity contribution is 0.0784. The quantitative estimate of drug-likeness (QED) is 0.667. The summed E-state index contributed by atoms with van der Waals surface area (Å²) in [4.78, 5) is 18.5. The number of hydrogen-bond donors (Lipinski definition) is 0. The molecular formula is C20H17N3O2S. The summed E-state index contributed by atoms with van der Waals surface area (Å²) in [6.07, 6.45) is 0. The summed E-state index contributed by atoms with van der Waals surface area (Å²) < 4.78 is 5.71. The molecule has 0 N–H and O–H groups in total. The van der Waals surface area contributed by atoms with Crippen molar-refractivity contribution >= 4 is 17.2 Å². The van der Waals surface area contributed by atoms with E-state index in [-0.39, 0.29) is 5.91 Å². The fourth-order valence-corrected chi connectivity index (χ4v) is 2.98. The molecule has 0 fully saturated rings. The second-order valence-corrected chi connectivity index (χ2v) is 6.48. The van der Waals surface area contributed by atoms with Gasteiger partial charge in [0, 0.05) is 24.5 Å². The molecule has 0 aliphatic rings. The van der Waals surface area contributed by atoms with E-state index in [1.807, 2.05) is 23.6 Å². The van der Waals surface area contributed by atoms with Crippen molar-refractivity contribution in [2.24, 2.45) is 0 Å². The Balaban J connectivity index is 1.64. The van der Waals surface area contributed by atoms with Crippen LogP contribution in [0.4, 0.5) is 0 Å². The maximum atomic E-state index is 12.7. The molecule has 3 aromatic rings. The summed E-state index contributed by atoms with van der Waals surface area (Å²) in [6, 6.07) is 16.4. The van der Waals surface area contributed by atoms with Crippen LogP contribution in [0, 0.1) is 11.3 Å². The molecule has 1 heterocycles. The standard InChI is InChI=1S/C20H17N3O2S/c1-23(11-16-7-5-15(10-21)6-8-16)20(24)17-3-2-4-19(9-17)25-12-18-13-26-14-22-18/h2-9,13-14H,11-12H2,1H3. The maximum absolute atomic E-state index is 12.7. The van der Waals surface area contributed by atoms with E-state index >= 15 is 0 Å². The lowest BCUT2D eigenvalue weighted by Crippen LogP contribution is -2.26. The number of ether oxygens (including phenoxy) is 1. The molecule has 26 heavy (non-hydrogen) atoms. The van der Waals surface area contributed by atoms with Gasteiger partial charge in [0.05, 0.1) is 22.8 Å². The monoisotopic (exact) mass is 363 g/mol. The number of carbonyl (C=O) groups is 1. The van der Waals surface area contributed by atoms with Crippen molar-refractivity contribution in [1.82, 2.24) is 9.88 Å². The number of carbonyl (C=O) groups excluding carboxylic acids is 1. The van der Waals surface area contributed by atoms with Crippen LogP contribution in [0.25, 0.3) is 0 Å². The highest BCUT2D eigenvalue weighted by molar-refractivity contribution is 7.07. The van der Waals surface area contributed by atoms with Crippen LogP contribution < -0.4 is 4.74 Å². The van der Waals surface area contributed by atoms with Gasteiger partial charge < -0.3 is 9.64 Å². The summed E-state index contributed by atoms with van der Waals surface area (Å²) in [5.74, 6) is 0.545. The van der Waals surface area contributed by atoms with Crippen molar-refractivity contribution < 1.29 is 9.53 Å². The van der Waals surface area contributed by atoms with Crippen molar-refractivity contribution in [2.45, 2.75) is 13.2 Å². The van der Waals surface area contributed by atoms with E-state index in [4.69, 9.17) is 10.00 Å². The molecule has 3 rings (SSSR count). The van der Waals surface area contributed by atoms with Crippen LogP contribution in [-0.2, 0) is 13.2 Å². The highest BCUT2D eigenvalue weighted by Crippen LogP contribution is 2.17. The minimum atomic E-state index is -0.0894. The van der Waals surface area contributed by atoms with Crippen LogP contribution >= 0.6 is 11.3 Å². The van der Waals surface area contributed by atoms with Gasteiger partial charge in [-0.05, 0) is 35.9 Å². The van der Waals surface area contributed by atoms with Gasteiger partial charge in [-0.2, -0.15) is 5.26 Å². The summed E-state index contributed by atoms with van der Waals surface area (Å²) in [5.41, 5.74) is 4.77. The molecule has 6 heteroatoms. The van der Waals surface area contributed by atoms with Gasteiger partial charge in [-0.3, -0.25) is 4.79 Å². The number of amides is 1. The van der Waals surface area contributed by atoms with Crippen LogP contribution in [0.2, 0.25) is 0 Å².